The molecule has 1 heterocycles. The molecule has 0 aliphatic heterocycles. The number of fused-ring (bicyclic) bond motifs is 1. The first-order valence-electron chi connectivity index (χ1n) is 12.5. The van der Waals surface area contributed by atoms with Gasteiger partial charge in [0.2, 0.25) is 5.13 Å². The SMILES string of the molecule is CCCCCCCCCCOc1ccc2nc(N=Nc3ccc(OCCCC)cc3)sc2c1. The molecule has 3 aromatic rings. The number of azo groups is 1. The number of unbranched alkanes of at least 4 members (excludes halogenated alkanes) is 8. The number of hydrogen-bond acceptors (Lipinski definition) is 6. The van der Waals surface area contributed by atoms with Crippen molar-refractivity contribution in [3.05, 3.63) is 42.5 Å². The highest BCUT2D eigenvalue weighted by Crippen LogP contribution is 2.32. The first kappa shape index (κ1) is 25.2. The average Bonchev–Trinajstić information content (AvgIpc) is 3.25. The topological polar surface area (TPSA) is 56.1 Å². The third-order valence-corrected chi connectivity index (χ3v) is 6.37. The van der Waals surface area contributed by atoms with Crippen LogP contribution in [-0.2, 0) is 0 Å². The van der Waals surface area contributed by atoms with Crippen LogP contribution >= 0.6 is 11.3 Å². The van der Waals surface area contributed by atoms with Crippen molar-refractivity contribution < 1.29 is 9.47 Å². The number of rotatable bonds is 16. The molecule has 3 rings (SSSR count). The molecule has 0 aliphatic rings. The summed E-state index contributed by atoms with van der Waals surface area (Å²) in [5, 5.41) is 9.29. The van der Waals surface area contributed by atoms with Gasteiger partial charge >= 0.3 is 0 Å². The van der Waals surface area contributed by atoms with Gasteiger partial charge in [0.15, 0.2) is 0 Å². The Bertz CT molecular complexity index is 969. The van der Waals surface area contributed by atoms with Gasteiger partial charge < -0.3 is 9.47 Å². The molecule has 1 aromatic heterocycles. The summed E-state index contributed by atoms with van der Waals surface area (Å²) < 4.78 is 12.7. The summed E-state index contributed by atoms with van der Waals surface area (Å²) >= 11 is 1.53. The van der Waals surface area contributed by atoms with Gasteiger partial charge in [0, 0.05) is 0 Å². The first-order chi connectivity index (χ1) is 16.3. The van der Waals surface area contributed by atoms with Gasteiger partial charge in [0.05, 0.1) is 29.1 Å². The fourth-order valence-electron chi connectivity index (χ4n) is 3.50. The molecule has 0 saturated carbocycles. The highest BCUT2D eigenvalue weighted by Gasteiger charge is 2.05. The van der Waals surface area contributed by atoms with Crippen LogP contribution in [-0.4, -0.2) is 18.2 Å². The van der Waals surface area contributed by atoms with Gasteiger partial charge in [0.25, 0.3) is 0 Å². The van der Waals surface area contributed by atoms with E-state index >= 15 is 0 Å². The number of ether oxygens (including phenoxy) is 2. The number of hydrogen-bond donors (Lipinski definition) is 0. The van der Waals surface area contributed by atoms with Crippen LogP contribution < -0.4 is 9.47 Å². The van der Waals surface area contributed by atoms with E-state index in [0.717, 1.165) is 59.9 Å². The van der Waals surface area contributed by atoms with Crippen molar-refractivity contribution in [2.24, 2.45) is 10.2 Å². The zero-order chi connectivity index (χ0) is 23.1. The second-order valence-corrected chi connectivity index (χ2v) is 9.35. The second kappa shape index (κ2) is 14.6. The minimum atomic E-state index is 0.647. The maximum absolute atomic E-state index is 5.96. The molecule has 0 bridgehead atoms. The molecular formula is C27H37N3O2S. The molecule has 0 unspecified atom stereocenters. The lowest BCUT2D eigenvalue weighted by atomic mass is 10.1. The molecule has 5 nitrogen and oxygen atoms in total. The maximum atomic E-state index is 5.96. The molecule has 0 radical (unpaired) electrons. The van der Waals surface area contributed by atoms with Gasteiger partial charge in [-0.05, 0) is 55.3 Å². The Hall–Kier alpha value is -2.47. The van der Waals surface area contributed by atoms with Gasteiger partial charge in [-0.15, -0.1) is 10.2 Å². The second-order valence-electron chi connectivity index (χ2n) is 8.35. The fourth-order valence-corrected chi connectivity index (χ4v) is 4.31. The third-order valence-electron chi connectivity index (χ3n) is 5.47. The molecule has 0 spiro atoms. The van der Waals surface area contributed by atoms with Crippen molar-refractivity contribution in [2.45, 2.75) is 78.1 Å². The van der Waals surface area contributed by atoms with Crippen molar-refractivity contribution in [1.29, 1.82) is 0 Å². The van der Waals surface area contributed by atoms with E-state index in [1.54, 1.807) is 0 Å². The van der Waals surface area contributed by atoms with Crippen LogP contribution in [0.3, 0.4) is 0 Å². The van der Waals surface area contributed by atoms with E-state index in [0.29, 0.717) is 5.13 Å². The summed E-state index contributed by atoms with van der Waals surface area (Å²) in [6.45, 7) is 5.93. The Morgan fingerprint density at radius 3 is 2.09 bits per heavy atom. The van der Waals surface area contributed by atoms with Crippen LogP contribution in [0.4, 0.5) is 10.8 Å². The number of thiazole rings is 1. The average molecular weight is 468 g/mol. The van der Waals surface area contributed by atoms with Gasteiger partial charge in [-0.25, -0.2) is 4.98 Å². The van der Waals surface area contributed by atoms with Crippen molar-refractivity contribution >= 4 is 32.4 Å². The molecule has 0 aliphatic carbocycles. The molecule has 0 saturated heterocycles. The largest absolute Gasteiger partial charge is 0.494 e. The summed E-state index contributed by atoms with van der Waals surface area (Å²) in [5.74, 6) is 1.76. The Balaban J connectivity index is 1.43. The zero-order valence-electron chi connectivity index (χ0n) is 20.1. The lowest BCUT2D eigenvalue weighted by Gasteiger charge is -2.06. The maximum Gasteiger partial charge on any atom is 0.231 e. The molecule has 33 heavy (non-hydrogen) atoms. The first-order valence-corrected chi connectivity index (χ1v) is 13.3. The predicted molar refractivity (Wildman–Crippen MR) is 139 cm³/mol. The van der Waals surface area contributed by atoms with Crippen LogP contribution in [0.15, 0.2) is 52.7 Å². The van der Waals surface area contributed by atoms with E-state index in [1.165, 1.54) is 56.3 Å². The Morgan fingerprint density at radius 2 is 1.33 bits per heavy atom. The molecule has 0 N–H and O–H groups in total. The third kappa shape index (κ3) is 9.12. The van der Waals surface area contributed by atoms with Crippen LogP contribution in [0.25, 0.3) is 10.2 Å². The smallest absolute Gasteiger partial charge is 0.231 e. The molecule has 2 aromatic carbocycles. The summed E-state index contributed by atoms with van der Waals surface area (Å²) in [6.07, 6.45) is 12.6. The predicted octanol–water partition coefficient (Wildman–Crippen LogP) is 9.41. The fraction of sp³-hybridized carbons (Fsp3) is 0.519. The highest BCUT2D eigenvalue weighted by atomic mass is 32.1. The van der Waals surface area contributed by atoms with Gasteiger partial charge in [-0.2, -0.15) is 0 Å². The molecule has 0 amide bonds. The number of benzene rings is 2. The molecular weight excluding hydrogens is 430 g/mol. The highest BCUT2D eigenvalue weighted by molar-refractivity contribution is 7.21. The molecule has 178 valence electrons. The number of nitrogens with zero attached hydrogens (tertiary/aromatic N) is 3. The van der Waals surface area contributed by atoms with E-state index < -0.39 is 0 Å². The minimum Gasteiger partial charge on any atom is -0.494 e. The Morgan fingerprint density at radius 1 is 0.697 bits per heavy atom. The van der Waals surface area contributed by atoms with Gasteiger partial charge in [-0.1, -0.05) is 76.6 Å². The van der Waals surface area contributed by atoms with Crippen molar-refractivity contribution in [1.82, 2.24) is 4.98 Å². The summed E-state index contributed by atoms with van der Waals surface area (Å²) in [7, 11) is 0. The Kier molecular flexibility index (Phi) is 11.2. The van der Waals surface area contributed by atoms with E-state index in [9.17, 15) is 0 Å². The van der Waals surface area contributed by atoms with E-state index in [1.807, 2.05) is 36.4 Å². The molecule has 0 fully saturated rings. The summed E-state index contributed by atoms with van der Waals surface area (Å²) in [5.41, 5.74) is 1.71. The standard InChI is InChI=1S/C27H37N3O2S/c1-3-5-7-8-9-10-11-12-20-32-24-17-18-25-26(21-24)33-27(28-25)30-29-22-13-15-23(16-14-22)31-19-6-4-2/h13-18,21H,3-12,19-20H2,1-2H3. The summed E-state index contributed by atoms with van der Waals surface area (Å²) in [4.78, 5) is 4.57. The van der Waals surface area contributed by atoms with Crippen LogP contribution in [0.5, 0.6) is 11.5 Å². The lowest BCUT2D eigenvalue weighted by molar-refractivity contribution is 0.304. The quantitative estimate of drug-likeness (QED) is 0.156. The normalized spacial score (nSPS) is 11.5. The van der Waals surface area contributed by atoms with Crippen LogP contribution in [0.1, 0.15) is 78.1 Å². The Labute approximate surface area is 202 Å². The van der Waals surface area contributed by atoms with Crippen molar-refractivity contribution in [2.75, 3.05) is 13.2 Å². The van der Waals surface area contributed by atoms with E-state index in [2.05, 4.69) is 35.1 Å². The van der Waals surface area contributed by atoms with Gasteiger partial charge in [-0.3, -0.25) is 0 Å². The minimum absolute atomic E-state index is 0.647. The zero-order valence-corrected chi connectivity index (χ0v) is 20.9. The van der Waals surface area contributed by atoms with Crippen LogP contribution in [0.2, 0.25) is 0 Å². The lowest BCUT2D eigenvalue weighted by Crippen LogP contribution is -1.97. The number of aromatic nitrogens is 1. The van der Waals surface area contributed by atoms with E-state index in [-0.39, 0.29) is 0 Å². The van der Waals surface area contributed by atoms with Crippen LogP contribution in [0, 0.1) is 0 Å². The van der Waals surface area contributed by atoms with Crippen molar-refractivity contribution in [3.63, 3.8) is 0 Å². The molecule has 6 heteroatoms. The monoisotopic (exact) mass is 467 g/mol. The van der Waals surface area contributed by atoms with Gasteiger partial charge in [0.1, 0.15) is 11.5 Å². The summed E-state index contributed by atoms with van der Waals surface area (Å²) in [6, 6.07) is 13.7. The molecule has 0 atom stereocenters. The van der Waals surface area contributed by atoms with E-state index in [4.69, 9.17) is 9.47 Å². The van der Waals surface area contributed by atoms with Crippen molar-refractivity contribution in [3.8, 4) is 11.5 Å².